The molecule has 6 aromatic rings. The molecule has 0 spiro atoms. The third-order valence-corrected chi connectivity index (χ3v) is 7.44. The van der Waals surface area contributed by atoms with Crippen LogP contribution in [0.5, 0.6) is 0 Å². The zero-order chi connectivity index (χ0) is 41.5. The number of benzene rings is 6. The average molecular weight is 765 g/mol. The van der Waals surface area contributed by atoms with Crippen molar-refractivity contribution in [2.24, 2.45) is 0 Å². The summed E-state index contributed by atoms with van der Waals surface area (Å²) in [6.07, 6.45) is 18.5. The maximum atomic E-state index is 11.6. The Kier molecular flexibility index (Phi) is 21.1. The van der Waals surface area contributed by atoms with Crippen LogP contribution in [0.1, 0.15) is 33.4 Å². The highest BCUT2D eigenvalue weighted by molar-refractivity contribution is 6.05. The minimum absolute atomic E-state index is 0.0114. The van der Waals surface area contributed by atoms with Gasteiger partial charge in [-0.15, -0.1) is 0 Å². The van der Waals surface area contributed by atoms with Crippen molar-refractivity contribution in [1.82, 2.24) is 0 Å². The largest absolute Gasteiger partial charge is 0.503 e. The standard InChI is InChI=1S/3C17H14O.CH2O3/c3*18-17(13-11-15-7-3-1-4-8-15)14-12-16-9-5-2-6-10-16;2-1(3)4/h3*1-14H;(H2,2,3,4). The molecule has 0 aliphatic carbocycles. The molecule has 0 heterocycles. The van der Waals surface area contributed by atoms with Gasteiger partial charge in [0.05, 0.1) is 0 Å². The van der Waals surface area contributed by atoms with Crippen molar-refractivity contribution >= 4 is 60.0 Å². The number of allylic oxidation sites excluding steroid dienone is 6. The molecule has 0 atom stereocenters. The Morgan fingerprint density at radius 3 is 0.500 bits per heavy atom. The first-order chi connectivity index (χ1) is 28.3. The zero-order valence-electron chi connectivity index (χ0n) is 31.8. The predicted molar refractivity (Wildman–Crippen MR) is 239 cm³/mol. The van der Waals surface area contributed by atoms with Crippen molar-refractivity contribution < 1.29 is 29.4 Å². The maximum Gasteiger partial charge on any atom is 0.503 e. The van der Waals surface area contributed by atoms with Gasteiger partial charge in [-0.25, -0.2) is 4.79 Å². The fraction of sp³-hybridized carbons (Fsp3) is 0. The molecule has 0 amide bonds. The fourth-order valence-corrected chi connectivity index (χ4v) is 4.62. The molecule has 0 bridgehead atoms. The van der Waals surface area contributed by atoms with Crippen molar-refractivity contribution in [3.63, 3.8) is 0 Å². The van der Waals surface area contributed by atoms with Crippen LogP contribution in [0.3, 0.4) is 0 Å². The number of carbonyl (C=O) groups excluding carboxylic acids is 3. The molecule has 0 saturated carbocycles. The number of hydrogen-bond acceptors (Lipinski definition) is 4. The Labute approximate surface area is 340 Å². The summed E-state index contributed by atoms with van der Waals surface area (Å²) in [5.74, 6) is -0.0341. The van der Waals surface area contributed by atoms with Crippen molar-refractivity contribution in [2.75, 3.05) is 0 Å². The van der Waals surface area contributed by atoms with Crippen molar-refractivity contribution in [1.29, 1.82) is 0 Å². The van der Waals surface area contributed by atoms with E-state index in [-0.39, 0.29) is 17.3 Å². The van der Waals surface area contributed by atoms with Gasteiger partial charge in [0, 0.05) is 0 Å². The molecule has 0 fully saturated rings. The predicted octanol–water partition coefficient (Wildman–Crippen LogP) is 12.2. The van der Waals surface area contributed by atoms with E-state index in [1.807, 2.05) is 218 Å². The van der Waals surface area contributed by atoms with E-state index in [0.717, 1.165) is 33.4 Å². The number of hydrogen-bond donors (Lipinski definition) is 2. The van der Waals surface area contributed by atoms with Crippen LogP contribution in [0.2, 0.25) is 0 Å². The van der Waals surface area contributed by atoms with Gasteiger partial charge in [-0.05, 0) is 69.8 Å². The number of ketones is 3. The molecule has 0 aliphatic rings. The lowest BCUT2D eigenvalue weighted by Gasteiger charge is -1.91. The van der Waals surface area contributed by atoms with Gasteiger partial charge in [-0.3, -0.25) is 14.4 Å². The van der Waals surface area contributed by atoms with E-state index in [9.17, 15) is 14.4 Å². The van der Waals surface area contributed by atoms with Gasteiger partial charge >= 0.3 is 6.16 Å². The normalized spacial score (nSPS) is 10.8. The molecular formula is C52H44O6. The van der Waals surface area contributed by atoms with Gasteiger partial charge < -0.3 is 10.2 Å². The Hall–Kier alpha value is -7.96. The summed E-state index contributed by atoms with van der Waals surface area (Å²) in [7, 11) is 0. The fourth-order valence-electron chi connectivity index (χ4n) is 4.62. The Morgan fingerprint density at radius 2 is 0.379 bits per heavy atom. The smallest absolute Gasteiger partial charge is 0.450 e. The number of carboxylic acid groups (broad SMARTS) is 2. The van der Waals surface area contributed by atoms with E-state index in [0.29, 0.717) is 0 Å². The molecule has 58 heavy (non-hydrogen) atoms. The van der Waals surface area contributed by atoms with Crippen molar-refractivity contribution in [3.05, 3.63) is 252 Å². The van der Waals surface area contributed by atoms with Crippen LogP contribution >= 0.6 is 0 Å². The molecule has 2 N–H and O–H groups in total. The van der Waals surface area contributed by atoms with Crippen LogP contribution in [-0.4, -0.2) is 33.7 Å². The lowest BCUT2D eigenvalue weighted by atomic mass is 10.1. The van der Waals surface area contributed by atoms with Gasteiger partial charge in [-0.1, -0.05) is 218 Å². The third kappa shape index (κ3) is 21.7. The van der Waals surface area contributed by atoms with Crippen LogP contribution in [0.25, 0.3) is 36.5 Å². The van der Waals surface area contributed by atoms with Crippen LogP contribution in [-0.2, 0) is 14.4 Å². The highest BCUT2D eigenvalue weighted by Gasteiger charge is 1.93. The minimum Gasteiger partial charge on any atom is -0.450 e. The van der Waals surface area contributed by atoms with Crippen LogP contribution in [0.4, 0.5) is 4.79 Å². The molecular weight excluding hydrogens is 721 g/mol. The first-order valence-electron chi connectivity index (χ1n) is 18.2. The first-order valence-corrected chi connectivity index (χ1v) is 18.2. The summed E-state index contributed by atoms with van der Waals surface area (Å²) in [5, 5.41) is 13.9. The molecule has 6 heteroatoms. The maximum absolute atomic E-state index is 11.6. The molecule has 0 aromatic heterocycles. The van der Waals surface area contributed by atoms with Gasteiger partial charge in [0.1, 0.15) is 0 Å². The Balaban J connectivity index is 0.000000222. The quantitative estimate of drug-likeness (QED) is 0.120. The summed E-state index contributed by atoms with van der Waals surface area (Å²) in [6.45, 7) is 0. The Bertz CT molecular complexity index is 1860. The van der Waals surface area contributed by atoms with E-state index in [2.05, 4.69) is 0 Å². The molecule has 6 rings (SSSR count). The molecule has 6 nitrogen and oxygen atoms in total. The zero-order valence-corrected chi connectivity index (χ0v) is 31.8. The topological polar surface area (TPSA) is 109 Å². The monoisotopic (exact) mass is 764 g/mol. The molecule has 6 aromatic carbocycles. The molecule has 0 radical (unpaired) electrons. The highest BCUT2D eigenvalue weighted by Crippen LogP contribution is 2.06. The summed E-state index contributed by atoms with van der Waals surface area (Å²) >= 11 is 0. The summed E-state index contributed by atoms with van der Waals surface area (Å²) < 4.78 is 0. The van der Waals surface area contributed by atoms with E-state index in [1.165, 1.54) is 0 Å². The minimum atomic E-state index is -1.83. The van der Waals surface area contributed by atoms with Gasteiger partial charge in [0.15, 0.2) is 17.3 Å². The molecule has 0 saturated heterocycles. The number of carbonyl (C=O) groups is 4. The molecule has 0 unspecified atom stereocenters. The van der Waals surface area contributed by atoms with Crippen LogP contribution < -0.4 is 0 Å². The second-order valence-electron chi connectivity index (χ2n) is 12.0. The molecule has 288 valence electrons. The first kappa shape index (κ1) is 44.4. The lowest BCUT2D eigenvalue weighted by molar-refractivity contribution is -0.111. The number of rotatable bonds is 12. The van der Waals surface area contributed by atoms with Crippen LogP contribution in [0, 0.1) is 0 Å². The van der Waals surface area contributed by atoms with Gasteiger partial charge in [-0.2, -0.15) is 0 Å². The SMILES string of the molecule is O=C(C=Cc1ccccc1)C=Cc1ccccc1.O=C(C=Cc1ccccc1)C=Cc1ccccc1.O=C(C=Cc1ccccc1)C=Cc1ccccc1.O=C(O)O. The van der Waals surface area contributed by atoms with Crippen LogP contribution in [0.15, 0.2) is 218 Å². The van der Waals surface area contributed by atoms with E-state index < -0.39 is 6.16 Å². The Morgan fingerprint density at radius 1 is 0.259 bits per heavy atom. The average Bonchev–Trinajstić information content (AvgIpc) is 3.27. The lowest BCUT2D eigenvalue weighted by Crippen LogP contribution is -1.84. The summed E-state index contributed by atoms with van der Waals surface area (Å²) in [5.41, 5.74) is 6.16. The van der Waals surface area contributed by atoms with E-state index in [1.54, 1.807) is 36.5 Å². The third-order valence-electron chi connectivity index (χ3n) is 7.44. The van der Waals surface area contributed by atoms with E-state index >= 15 is 0 Å². The summed E-state index contributed by atoms with van der Waals surface area (Å²) in [6, 6.07) is 58.7. The van der Waals surface area contributed by atoms with Crippen molar-refractivity contribution in [2.45, 2.75) is 0 Å². The van der Waals surface area contributed by atoms with Gasteiger partial charge in [0.2, 0.25) is 0 Å². The second-order valence-corrected chi connectivity index (χ2v) is 12.0. The van der Waals surface area contributed by atoms with Crippen molar-refractivity contribution in [3.8, 4) is 0 Å². The second kappa shape index (κ2) is 27.6. The van der Waals surface area contributed by atoms with Gasteiger partial charge in [0.25, 0.3) is 0 Å². The van der Waals surface area contributed by atoms with E-state index in [4.69, 9.17) is 15.0 Å². The molecule has 0 aliphatic heterocycles. The highest BCUT2D eigenvalue weighted by atomic mass is 16.6. The summed E-state index contributed by atoms with van der Waals surface area (Å²) in [4.78, 5) is 43.4.